The molecule has 0 amide bonds. The highest BCUT2D eigenvalue weighted by atomic mass is 16.1. The van der Waals surface area contributed by atoms with Crippen molar-refractivity contribution in [2.75, 3.05) is 18.5 Å². The van der Waals surface area contributed by atoms with Gasteiger partial charge in [0.25, 0.3) is 0 Å². The number of rotatable bonds is 3. The molecule has 0 atom stereocenters. The highest BCUT2D eigenvalue weighted by Gasteiger charge is 2.18. The molecule has 4 nitrogen and oxygen atoms in total. The van der Waals surface area contributed by atoms with E-state index in [2.05, 4.69) is 48.9 Å². The van der Waals surface area contributed by atoms with E-state index < -0.39 is 0 Å². The summed E-state index contributed by atoms with van der Waals surface area (Å²) in [7, 11) is 3.97. The Bertz CT molecular complexity index is 763. The Labute approximate surface area is 138 Å². The molecule has 0 spiro atoms. The average Bonchev–Trinajstić information content (AvgIpc) is 2.50. The number of hydrogen-bond acceptors (Lipinski definition) is 3. The van der Waals surface area contributed by atoms with Crippen LogP contribution < -0.4 is 10.5 Å². The summed E-state index contributed by atoms with van der Waals surface area (Å²) in [6.45, 7) is 6.48. The molecule has 2 heterocycles. The first kappa shape index (κ1) is 15.8. The number of benzene rings is 1. The van der Waals surface area contributed by atoms with Gasteiger partial charge >= 0.3 is 0 Å². The number of aryl methyl sites for hydroxylation is 1. The normalized spacial score (nSPS) is 14.8. The first-order chi connectivity index (χ1) is 11.0. The zero-order valence-corrected chi connectivity index (χ0v) is 14.4. The van der Waals surface area contributed by atoms with E-state index in [0.29, 0.717) is 6.04 Å². The van der Waals surface area contributed by atoms with E-state index in [1.165, 1.54) is 16.8 Å². The number of pyridine rings is 1. The molecule has 1 aromatic heterocycles. The first-order valence-corrected chi connectivity index (χ1v) is 8.22. The van der Waals surface area contributed by atoms with Crippen molar-refractivity contribution in [2.45, 2.75) is 32.9 Å². The van der Waals surface area contributed by atoms with Gasteiger partial charge in [0, 0.05) is 44.1 Å². The minimum Gasteiger partial charge on any atom is -0.338 e. The Kier molecular flexibility index (Phi) is 4.26. The molecule has 23 heavy (non-hydrogen) atoms. The van der Waals surface area contributed by atoms with E-state index in [1.807, 2.05) is 12.3 Å². The van der Waals surface area contributed by atoms with E-state index in [4.69, 9.17) is 0 Å². The quantitative estimate of drug-likeness (QED) is 0.872. The van der Waals surface area contributed by atoms with Crippen molar-refractivity contribution in [2.24, 2.45) is 7.05 Å². The molecule has 0 saturated carbocycles. The van der Waals surface area contributed by atoms with E-state index in [1.54, 1.807) is 17.7 Å². The summed E-state index contributed by atoms with van der Waals surface area (Å²) < 4.78 is 1.64. The highest BCUT2D eigenvalue weighted by molar-refractivity contribution is 5.64. The summed E-state index contributed by atoms with van der Waals surface area (Å²) >= 11 is 0. The average molecular weight is 311 g/mol. The lowest BCUT2D eigenvalue weighted by atomic mass is 9.99. The molecule has 1 aromatic carbocycles. The van der Waals surface area contributed by atoms with Gasteiger partial charge in [0.1, 0.15) is 0 Å². The van der Waals surface area contributed by atoms with Crippen molar-refractivity contribution in [3.8, 4) is 0 Å². The predicted molar refractivity (Wildman–Crippen MR) is 95.4 cm³/mol. The van der Waals surface area contributed by atoms with E-state index in [0.717, 1.165) is 25.2 Å². The number of fused-ring (bicyclic) bond motifs is 1. The molecule has 1 aliphatic rings. The monoisotopic (exact) mass is 311 g/mol. The van der Waals surface area contributed by atoms with Crippen LogP contribution in [0, 0.1) is 0 Å². The van der Waals surface area contributed by atoms with Gasteiger partial charge in [-0.2, -0.15) is 0 Å². The molecule has 4 heteroatoms. The first-order valence-electron chi connectivity index (χ1n) is 8.22. The molecular weight excluding hydrogens is 286 g/mol. The molecular formula is C19H25N3O. The fourth-order valence-corrected chi connectivity index (χ4v) is 3.30. The van der Waals surface area contributed by atoms with E-state index in [-0.39, 0.29) is 5.56 Å². The van der Waals surface area contributed by atoms with Gasteiger partial charge in [-0.15, -0.1) is 0 Å². The SMILES string of the molecule is CC(C)N(c1ccc2c(c1)CN(C)CC2)c1ccc(=O)n(C)c1. The zero-order chi connectivity index (χ0) is 16.6. The lowest BCUT2D eigenvalue weighted by molar-refractivity contribution is 0.313. The van der Waals surface area contributed by atoms with Crippen LogP contribution in [-0.2, 0) is 20.0 Å². The van der Waals surface area contributed by atoms with Crippen LogP contribution in [0.25, 0.3) is 0 Å². The number of nitrogens with zero attached hydrogens (tertiary/aromatic N) is 3. The van der Waals surface area contributed by atoms with Crippen molar-refractivity contribution < 1.29 is 0 Å². The van der Waals surface area contributed by atoms with E-state index in [9.17, 15) is 4.79 Å². The summed E-state index contributed by atoms with van der Waals surface area (Å²) in [6, 6.07) is 10.6. The highest BCUT2D eigenvalue weighted by Crippen LogP contribution is 2.30. The molecule has 122 valence electrons. The van der Waals surface area contributed by atoms with E-state index >= 15 is 0 Å². The molecule has 1 aliphatic heterocycles. The second-order valence-electron chi connectivity index (χ2n) is 6.74. The van der Waals surface area contributed by atoms with Crippen LogP contribution in [0.4, 0.5) is 11.4 Å². The summed E-state index contributed by atoms with van der Waals surface area (Å²) in [5.74, 6) is 0. The van der Waals surface area contributed by atoms with Crippen LogP contribution in [0.5, 0.6) is 0 Å². The molecule has 0 fully saturated rings. The Morgan fingerprint density at radius 1 is 1.04 bits per heavy atom. The smallest absolute Gasteiger partial charge is 0.250 e. The molecule has 0 aliphatic carbocycles. The second kappa shape index (κ2) is 6.20. The summed E-state index contributed by atoms with van der Waals surface area (Å²) in [5, 5.41) is 0. The number of hydrogen-bond donors (Lipinski definition) is 0. The van der Waals surface area contributed by atoms with Crippen LogP contribution in [-0.4, -0.2) is 29.1 Å². The molecule has 0 radical (unpaired) electrons. The maximum Gasteiger partial charge on any atom is 0.250 e. The van der Waals surface area contributed by atoms with Gasteiger partial charge in [-0.3, -0.25) is 4.79 Å². The maximum absolute atomic E-state index is 11.7. The Morgan fingerprint density at radius 2 is 1.78 bits per heavy atom. The van der Waals surface area contributed by atoms with Gasteiger partial charge in [-0.25, -0.2) is 0 Å². The maximum atomic E-state index is 11.7. The van der Waals surface area contributed by atoms with Crippen molar-refractivity contribution >= 4 is 11.4 Å². The third kappa shape index (κ3) is 3.17. The molecule has 0 bridgehead atoms. The topological polar surface area (TPSA) is 28.5 Å². The van der Waals surface area contributed by atoms with Gasteiger partial charge in [0.2, 0.25) is 5.56 Å². The van der Waals surface area contributed by atoms with Crippen LogP contribution in [0.15, 0.2) is 41.3 Å². The van der Waals surface area contributed by atoms with Gasteiger partial charge < -0.3 is 14.4 Å². The molecule has 0 saturated heterocycles. The summed E-state index contributed by atoms with van der Waals surface area (Å²) in [5.41, 5.74) is 5.12. The number of likely N-dealkylation sites (N-methyl/N-ethyl adjacent to an activating group) is 1. The lowest BCUT2D eigenvalue weighted by Crippen LogP contribution is -2.29. The molecule has 3 rings (SSSR count). The molecule has 2 aromatic rings. The lowest BCUT2D eigenvalue weighted by Gasteiger charge is -2.32. The van der Waals surface area contributed by atoms with Crippen LogP contribution in [0.1, 0.15) is 25.0 Å². The minimum atomic E-state index is 0.0181. The van der Waals surface area contributed by atoms with Crippen LogP contribution >= 0.6 is 0 Å². The van der Waals surface area contributed by atoms with Gasteiger partial charge in [0.15, 0.2) is 0 Å². The largest absolute Gasteiger partial charge is 0.338 e. The van der Waals surface area contributed by atoms with Crippen LogP contribution in [0.2, 0.25) is 0 Å². The third-order valence-corrected chi connectivity index (χ3v) is 4.54. The van der Waals surface area contributed by atoms with Crippen molar-refractivity contribution in [1.29, 1.82) is 0 Å². The van der Waals surface area contributed by atoms with Crippen molar-refractivity contribution in [1.82, 2.24) is 9.47 Å². The Hall–Kier alpha value is -2.07. The number of aromatic nitrogens is 1. The van der Waals surface area contributed by atoms with Gasteiger partial charge in [0.05, 0.1) is 5.69 Å². The van der Waals surface area contributed by atoms with Crippen molar-refractivity contribution in [3.63, 3.8) is 0 Å². The molecule has 0 N–H and O–H groups in total. The summed E-state index contributed by atoms with van der Waals surface area (Å²) in [4.78, 5) is 16.3. The van der Waals surface area contributed by atoms with Crippen molar-refractivity contribution in [3.05, 3.63) is 58.0 Å². The summed E-state index contributed by atoms with van der Waals surface area (Å²) in [6.07, 6.45) is 3.03. The standard InChI is InChI=1S/C19H25N3O/c1-14(2)22(18-7-8-19(23)21(4)13-18)17-6-5-15-9-10-20(3)12-16(15)11-17/h5-8,11,13-14H,9-10,12H2,1-4H3. The minimum absolute atomic E-state index is 0.0181. The van der Waals surface area contributed by atoms with Gasteiger partial charge in [-0.05, 0) is 56.6 Å². The predicted octanol–water partition coefficient (Wildman–Crippen LogP) is 2.92. The van der Waals surface area contributed by atoms with Crippen LogP contribution in [0.3, 0.4) is 0 Å². The Balaban J connectivity index is 2.03. The fourth-order valence-electron chi connectivity index (χ4n) is 3.30. The fraction of sp³-hybridized carbons (Fsp3) is 0.421. The Morgan fingerprint density at radius 3 is 2.48 bits per heavy atom. The number of anilines is 2. The zero-order valence-electron chi connectivity index (χ0n) is 14.4. The second-order valence-corrected chi connectivity index (χ2v) is 6.74. The molecule has 0 unspecified atom stereocenters. The third-order valence-electron chi connectivity index (χ3n) is 4.54. The van der Waals surface area contributed by atoms with Gasteiger partial charge in [-0.1, -0.05) is 6.07 Å².